The monoisotopic (exact) mass is 311 g/mol. The first-order valence-corrected chi connectivity index (χ1v) is 8.57. The van der Waals surface area contributed by atoms with Crippen LogP contribution < -0.4 is 16.2 Å². The summed E-state index contributed by atoms with van der Waals surface area (Å²) in [5.41, 5.74) is 3.58. The third-order valence-corrected chi connectivity index (χ3v) is 5.74. The van der Waals surface area contributed by atoms with Crippen LogP contribution in [-0.2, 0) is 0 Å². The maximum Gasteiger partial charge on any atom is 0.250 e. The Bertz CT molecular complexity index is 798. The molecule has 3 nitrogen and oxygen atoms in total. The second-order valence-electron chi connectivity index (χ2n) is 7.23. The van der Waals surface area contributed by atoms with Gasteiger partial charge >= 0.3 is 0 Å². The van der Waals surface area contributed by atoms with Crippen LogP contribution in [0.5, 0.6) is 0 Å². The molecule has 0 aliphatic heterocycles. The van der Waals surface area contributed by atoms with Gasteiger partial charge in [-0.15, -0.1) is 0 Å². The van der Waals surface area contributed by atoms with Crippen LogP contribution in [-0.4, -0.2) is 6.04 Å². The zero-order valence-corrected chi connectivity index (χ0v) is 14.4. The van der Waals surface area contributed by atoms with Gasteiger partial charge in [0.2, 0.25) is 10.9 Å². The molecule has 3 rings (SSSR count). The van der Waals surface area contributed by atoms with E-state index >= 15 is 0 Å². The van der Waals surface area contributed by atoms with E-state index in [0.717, 1.165) is 17.5 Å². The fourth-order valence-electron chi connectivity index (χ4n) is 3.67. The van der Waals surface area contributed by atoms with Gasteiger partial charge in [-0.05, 0) is 48.8 Å². The minimum Gasteiger partial charge on any atom is -0.378 e. The molecule has 0 radical (unpaired) electrons. The van der Waals surface area contributed by atoms with E-state index < -0.39 is 0 Å². The van der Waals surface area contributed by atoms with Crippen LogP contribution in [0, 0.1) is 25.7 Å². The molecule has 0 amide bonds. The largest absolute Gasteiger partial charge is 0.378 e. The minimum absolute atomic E-state index is 0.285. The molecule has 0 saturated heterocycles. The van der Waals surface area contributed by atoms with Crippen molar-refractivity contribution in [3.63, 3.8) is 0 Å². The van der Waals surface area contributed by atoms with E-state index in [1.54, 1.807) is 0 Å². The first-order chi connectivity index (χ1) is 10.9. The molecule has 1 aliphatic carbocycles. The molecule has 1 aliphatic rings. The molecule has 3 atom stereocenters. The summed E-state index contributed by atoms with van der Waals surface area (Å²) in [5, 5.41) is 3.41. The Labute approximate surface area is 137 Å². The summed E-state index contributed by atoms with van der Waals surface area (Å²) in [5.74, 6) is 1.17. The van der Waals surface area contributed by atoms with Crippen LogP contribution in [0.15, 0.2) is 27.8 Å². The van der Waals surface area contributed by atoms with E-state index in [-0.39, 0.29) is 16.9 Å². The quantitative estimate of drug-likeness (QED) is 0.877. The molecule has 0 spiro atoms. The maximum absolute atomic E-state index is 12.1. The number of hydrogen-bond acceptors (Lipinski definition) is 3. The normalized spacial score (nSPS) is 24.8. The van der Waals surface area contributed by atoms with Gasteiger partial charge in [-0.25, -0.2) is 0 Å². The Morgan fingerprint density at radius 3 is 2.43 bits per heavy atom. The molecule has 2 aromatic carbocycles. The Morgan fingerprint density at radius 1 is 1.00 bits per heavy atom. The third-order valence-electron chi connectivity index (χ3n) is 5.74. The van der Waals surface area contributed by atoms with Crippen molar-refractivity contribution >= 4 is 5.69 Å². The average Bonchev–Trinajstić information content (AvgIpc) is 2.53. The second-order valence-corrected chi connectivity index (χ2v) is 7.23. The first kappa shape index (κ1) is 16.0. The lowest BCUT2D eigenvalue weighted by atomic mass is 9.77. The fraction of sp³-hybridized carbons (Fsp3) is 0.500. The van der Waals surface area contributed by atoms with E-state index in [0.29, 0.717) is 23.1 Å². The molecule has 2 aromatic rings. The van der Waals surface area contributed by atoms with Gasteiger partial charge in [0.1, 0.15) is 0 Å². The van der Waals surface area contributed by atoms with Gasteiger partial charge in [0.15, 0.2) is 0 Å². The molecule has 122 valence electrons. The molecular formula is C20H25NO2. The van der Waals surface area contributed by atoms with Crippen molar-refractivity contribution in [2.24, 2.45) is 11.8 Å². The maximum atomic E-state index is 12.1. The topological polar surface area (TPSA) is 46.2 Å². The van der Waals surface area contributed by atoms with Gasteiger partial charge in [-0.1, -0.05) is 44.9 Å². The van der Waals surface area contributed by atoms with Gasteiger partial charge < -0.3 is 5.32 Å². The molecule has 1 N–H and O–H groups in total. The summed E-state index contributed by atoms with van der Waals surface area (Å²) >= 11 is 0. The smallest absolute Gasteiger partial charge is 0.250 e. The predicted octanol–water partition coefficient (Wildman–Crippen LogP) is 3.80. The highest BCUT2D eigenvalue weighted by atomic mass is 16.2. The number of benzene rings is 1. The van der Waals surface area contributed by atoms with Crippen molar-refractivity contribution in [1.82, 2.24) is 0 Å². The van der Waals surface area contributed by atoms with Crippen LogP contribution >= 0.6 is 0 Å². The minimum atomic E-state index is -0.358. The molecule has 3 heteroatoms. The summed E-state index contributed by atoms with van der Waals surface area (Å²) < 4.78 is 0. The Hall–Kier alpha value is -1.90. The van der Waals surface area contributed by atoms with Crippen molar-refractivity contribution in [3.05, 3.63) is 49.8 Å². The highest BCUT2D eigenvalue weighted by molar-refractivity contribution is 5.82. The standard InChI is InChI=1S/C20H25NO2/c1-11-8-9-15(10-13(11)3)17-18(20(23)19(17)22)21-16-7-5-6-12(2)14(16)4/h8-10,12,14,16,21H,5-7H2,1-4H3. The Balaban J connectivity index is 1.92. The zero-order valence-electron chi connectivity index (χ0n) is 14.4. The van der Waals surface area contributed by atoms with Gasteiger partial charge in [0.25, 0.3) is 0 Å². The van der Waals surface area contributed by atoms with Crippen molar-refractivity contribution < 1.29 is 0 Å². The van der Waals surface area contributed by atoms with Crippen molar-refractivity contribution in [1.29, 1.82) is 0 Å². The lowest BCUT2D eigenvalue weighted by Gasteiger charge is -2.35. The summed E-state index contributed by atoms with van der Waals surface area (Å²) in [7, 11) is 0. The van der Waals surface area contributed by atoms with Crippen molar-refractivity contribution in [2.75, 3.05) is 5.32 Å². The van der Waals surface area contributed by atoms with Crippen molar-refractivity contribution in [3.8, 4) is 11.1 Å². The number of hydrogen-bond donors (Lipinski definition) is 1. The molecule has 3 unspecified atom stereocenters. The van der Waals surface area contributed by atoms with Crippen molar-refractivity contribution in [2.45, 2.75) is 53.0 Å². The molecular weight excluding hydrogens is 286 g/mol. The highest BCUT2D eigenvalue weighted by Crippen LogP contribution is 2.33. The second kappa shape index (κ2) is 5.95. The van der Waals surface area contributed by atoms with Gasteiger partial charge in [0, 0.05) is 6.04 Å². The van der Waals surface area contributed by atoms with E-state index in [2.05, 4.69) is 19.2 Å². The summed E-state index contributed by atoms with van der Waals surface area (Å²) in [4.78, 5) is 24.2. The van der Waals surface area contributed by atoms with E-state index in [1.807, 2.05) is 32.0 Å². The lowest BCUT2D eigenvalue weighted by molar-refractivity contribution is 0.253. The van der Waals surface area contributed by atoms with Crippen LogP contribution in [0.1, 0.15) is 44.2 Å². The molecule has 1 saturated carbocycles. The van der Waals surface area contributed by atoms with E-state index in [1.165, 1.54) is 18.4 Å². The van der Waals surface area contributed by atoms with Crippen LogP contribution in [0.25, 0.3) is 11.1 Å². The van der Waals surface area contributed by atoms with E-state index in [4.69, 9.17) is 0 Å². The van der Waals surface area contributed by atoms with Gasteiger partial charge in [-0.3, -0.25) is 9.59 Å². The summed E-state index contributed by atoms with van der Waals surface area (Å²) in [6, 6.07) is 6.24. The molecule has 0 bridgehead atoms. The third kappa shape index (κ3) is 2.73. The molecule has 1 fully saturated rings. The molecule has 0 heterocycles. The van der Waals surface area contributed by atoms with Gasteiger partial charge in [0.05, 0.1) is 11.3 Å². The van der Waals surface area contributed by atoms with Crippen LogP contribution in [0.2, 0.25) is 0 Å². The van der Waals surface area contributed by atoms with Crippen LogP contribution in [0.4, 0.5) is 5.69 Å². The van der Waals surface area contributed by atoms with Gasteiger partial charge in [-0.2, -0.15) is 0 Å². The lowest BCUT2D eigenvalue weighted by Crippen LogP contribution is -2.42. The number of rotatable bonds is 3. The average molecular weight is 311 g/mol. The Kier molecular flexibility index (Phi) is 4.13. The number of nitrogens with one attached hydrogen (secondary N) is 1. The summed E-state index contributed by atoms with van der Waals surface area (Å²) in [6.07, 6.45) is 3.49. The SMILES string of the molecule is Cc1ccc(-c2c(NC3CCCC(C)C3C)c(=O)c2=O)cc1C. The highest BCUT2D eigenvalue weighted by Gasteiger charge is 2.30. The number of anilines is 1. The summed E-state index contributed by atoms with van der Waals surface area (Å²) in [6.45, 7) is 8.58. The number of aryl methyl sites for hydroxylation is 2. The van der Waals surface area contributed by atoms with E-state index in [9.17, 15) is 9.59 Å². The Morgan fingerprint density at radius 2 is 1.74 bits per heavy atom. The zero-order chi connectivity index (χ0) is 16.7. The molecule has 0 aromatic heterocycles. The van der Waals surface area contributed by atoms with Crippen LogP contribution in [0.3, 0.4) is 0 Å². The predicted molar refractivity (Wildman–Crippen MR) is 95.9 cm³/mol. The first-order valence-electron chi connectivity index (χ1n) is 8.57. The molecule has 23 heavy (non-hydrogen) atoms. The fourth-order valence-corrected chi connectivity index (χ4v) is 3.67.